The summed E-state index contributed by atoms with van der Waals surface area (Å²) in [5.41, 5.74) is 15.6. The Morgan fingerprint density at radius 3 is 2.50 bits per heavy atom. The predicted molar refractivity (Wildman–Crippen MR) is 82.6 cm³/mol. The zero-order valence-corrected chi connectivity index (χ0v) is 12.1. The van der Waals surface area contributed by atoms with Crippen LogP contribution in [0.15, 0.2) is 34.9 Å². The van der Waals surface area contributed by atoms with Crippen LogP contribution in [0.4, 0.5) is 10.8 Å². The molecule has 0 aliphatic carbocycles. The van der Waals surface area contributed by atoms with Crippen LogP contribution in [-0.4, -0.2) is 17.2 Å². The summed E-state index contributed by atoms with van der Waals surface area (Å²) >= 11 is 1.48. The zero-order chi connectivity index (χ0) is 14.3. The molecular formula is C13H16N6S. The molecule has 20 heavy (non-hydrogen) atoms. The number of guanidine groups is 1. The fourth-order valence-corrected chi connectivity index (χ4v) is 2.94. The lowest BCUT2D eigenvalue weighted by Gasteiger charge is -2.26. The first kappa shape index (κ1) is 12.9. The van der Waals surface area contributed by atoms with Gasteiger partial charge < -0.3 is 5.73 Å². The van der Waals surface area contributed by atoms with Crippen molar-refractivity contribution in [3.63, 3.8) is 0 Å². The van der Waals surface area contributed by atoms with E-state index in [1.807, 2.05) is 31.4 Å². The Hall–Kier alpha value is -2.12. The number of thiazole rings is 1. The summed E-state index contributed by atoms with van der Waals surface area (Å²) in [5, 5.41) is 8.55. The minimum atomic E-state index is -0.484. The van der Waals surface area contributed by atoms with Crippen molar-refractivity contribution < 1.29 is 0 Å². The largest absolute Gasteiger partial charge is 0.368 e. The number of nitrogens with zero attached hydrogens (tertiary/aromatic N) is 4. The van der Waals surface area contributed by atoms with Crippen LogP contribution in [-0.2, 0) is 0 Å². The highest BCUT2D eigenvalue weighted by Gasteiger charge is 2.33. The molecule has 6 nitrogen and oxygen atoms in total. The lowest BCUT2D eigenvalue weighted by molar-refractivity contribution is 0.684. The molecule has 7 heteroatoms. The monoisotopic (exact) mass is 288 g/mol. The number of aromatic nitrogens is 1. The van der Waals surface area contributed by atoms with Crippen LogP contribution in [0, 0.1) is 13.8 Å². The third-order valence-corrected chi connectivity index (χ3v) is 3.83. The van der Waals surface area contributed by atoms with Crippen molar-refractivity contribution in [1.82, 2.24) is 4.98 Å². The minimum absolute atomic E-state index is 0.373. The van der Waals surface area contributed by atoms with E-state index in [0.717, 1.165) is 21.9 Å². The molecule has 0 saturated carbocycles. The molecule has 1 aromatic carbocycles. The molecule has 0 spiro atoms. The number of hydrogen-bond acceptors (Lipinski definition) is 7. The van der Waals surface area contributed by atoms with Crippen LogP contribution in [0.5, 0.6) is 0 Å². The predicted octanol–water partition coefficient (Wildman–Crippen LogP) is 1.56. The van der Waals surface area contributed by atoms with Crippen LogP contribution < -0.4 is 21.4 Å². The van der Waals surface area contributed by atoms with Crippen molar-refractivity contribution >= 4 is 28.1 Å². The topological polar surface area (TPSA) is 83.8 Å². The van der Waals surface area contributed by atoms with Crippen LogP contribution in [0.25, 0.3) is 0 Å². The van der Waals surface area contributed by atoms with Gasteiger partial charge in [0.2, 0.25) is 11.1 Å². The molecule has 1 unspecified atom stereocenters. The number of aryl methyl sites for hydroxylation is 2. The van der Waals surface area contributed by atoms with E-state index in [4.69, 9.17) is 11.5 Å². The third-order valence-electron chi connectivity index (χ3n) is 3.07. The highest BCUT2D eigenvalue weighted by atomic mass is 32.1. The molecule has 1 aliphatic rings. The molecule has 4 N–H and O–H groups in total. The fourth-order valence-electron chi connectivity index (χ4n) is 2.32. The average Bonchev–Trinajstić information content (AvgIpc) is 2.96. The lowest BCUT2D eigenvalue weighted by atomic mass is 10.1. The van der Waals surface area contributed by atoms with Gasteiger partial charge in [-0.05, 0) is 37.1 Å². The normalized spacial score (nSPS) is 18.6. The van der Waals surface area contributed by atoms with E-state index < -0.39 is 6.29 Å². The summed E-state index contributed by atoms with van der Waals surface area (Å²) < 4.78 is 0. The van der Waals surface area contributed by atoms with Crippen molar-refractivity contribution in [2.45, 2.75) is 20.1 Å². The van der Waals surface area contributed by atoms with Gasteiger partial charge in [0, 0.05) is 17.3 Å². The zero-order valence-electron chi connectivity index (χ0n) is 11.3. The molecule has 0 fully saturated rings. The van der Waals surface area contributed by atoms with Crippen LogP contribution in [0.3, 0.4) is 0 Å². The Bertz CT molecular complexity index is 631. The van der Waals surface area contributed by atoms with Crippen molar-refractivity contribution in [2.24, 2.45) is 16.6 Å². The van der Waals surface area contributed by atoms with E-state index in [2.05, 4.69) is 16.2 Å². The summed E-state index contributed by atoms with van der Waals surface area (Å²) in [5.74, 6) is 0.373. The first-order chi connectivity index (χ1) is 9.56. The summed E-state index contributed by atoms with van der Waals surface area (Å²) in [6.07, 6.45) is 1.24. The van der Waals surface area contributed by atoms with Gasteiger partial charge in [-0.3, -0.25) is 10.6 Å². The van der Waals surface area contributed by atoms with Crippen LogP contribution in [0.2, 0.25) is 0 Å². The Kier molecular flexibility index (Phi) is 3.07. The molecule has 104 valence electrons. The first-order valence-corrected chi connectivity index (χ1v) is 7.10. The SMILES string of the molecule is Cc1cc(C)cc(N2C(N)=NN(c3nccs3)C2N)c1. The maximum atomic E-state index is 6.26. The summed E-state index contributed by atoms with van der Waals surface area (Å²) in [6, 6.07) is 6.19. The van der Waals surface area contributed by atoms with Gasteiger partial charge in [0.15, 0.2) is 6.29 Å². The second-order valence-corrected chi connectivity index (χ2v) is 5.62. The van der Waals surface area contributed by atoms with Crippen LogP contribution >= 0.6 is 11.3 Å². The van der Waals surface area contributed by atoms with Gasteiger partial charge in [0.05, 0.1) is 0 Å². The van der Waals surface area contributed by atoms with Gasteiger partial charge in [-0.1, -0.05) is 6.07 Å². The van der Waals surface area contributed by atoms with Gasteiger partial charge in [-0.25, -0.2) is 4.98 Å². The highest BCUT2D eigenvalue weighted by molar-refractivity contribution is 7.13. The van der Waals surface area contributed by atoms with Gasteiger partial charge in [0.1, 0.15) is 0 Å². The Labute approximate surface area is 121 Å². The van der Waals surface area contributed by atoms with Crippen molar-refractivity contribution in [2.75, 3.05) is 9.91 Å². The second-order valence-electron chi connectivity index (χ2n) is 4.75. The number of hydrogen-bond donors (Lipinski definition) is 2. The smallest absolute Gasteiger partial charge is 0.221 e. The van der Waals surface area contributed by atoms with E-state index in [1.165, 1.54) is 11.3 Å². The molecule has 1 atom stereocenters. The fraction of sp³-hybridized carbons (Fsp3) is 0.231. The maximum Gasteiger partial charge on any atom is 0.221 e. The molecule has 2 heterocycles. The summed E-state index contributed by atoms with van der Waals surface area (Å²) in [7, 11) is 0. The van der Waals surface area contributed by atoms with E-state index in [-0.39, 0.29) is 0 Å². The first-order valence-electron chi connectivity index (χ1n) is 6.22. The van der Waals surface area contributed by atoms with Crippen molar-refractivity contribution in [3.05, 3.63) is 40.9 Å². The molecule has 0 saturated heterocycles. The second kappa shape index (κ2) is 4.77. The number of anilines is 2. The van der Waals surface area contributed by atoms with E-state index >= 15 is 0 Å². The molecule has 0 radical (unpaired) electrons. The van der Waals surface area contributed by atoms with E-state index in [9.17, 15) is 0 Å². The third kappa shape index (κ3) is 2.10. The summed E-state index contributed by atoms with van der Waals surface area (Å²) in [4.78, 5) is 6.03. The van der Waals surface area contributed by atoms with Crippen molar-refractivity contribution in [1.29, 1.82) is 0 Å². The van der Waals surface area contributed by atoms with Crippen LogP contribution in [0.1, 0.15) is 11.1 Å². The number of hydrazone groups is 1. The number of benzene rings is 1. The molecular weight excluding hydrogens is 272 g/mol. The van der Waals surface area contributed by atoms with Crippen molar-refractivity contribution in [3.8, 4) is 0 Å². The van der Waals surface area contributed by atoms with Gasteiger partial charge >= 0.3 is 0 Å². The van der Waals surface area contributed by atoms with Gasteiger partial charge in [-0.15, -0.1) is 16.4 Å². The minimum Gasteiger partial charge on any atom is -0.368 e. The van der Waals surface area contributed by atoms with E-state index in [0.29, 0.717) is 5.96 Å². The number of nitrogens with two attached hydrogens (primary N) is 2. The Balaban J connectivity index is 1.97. The Morgan fingerprint density at radius 2 is 1.90 bits per heavy atom. The molecule has 1 aromatic heterocycles. The van der Waals surface area contributed by atoms with Gasteiger partial charge in [-0.2, -0.15) is 5.01 Å². The molecule has 0 amide bonds. The number of rotatable bonds is 2. The average molecular weight is 288 g/mol. The highest BCUT2D eigenvalue weighted by Crippen LogP contribution is 2.28. The molecule has 1 aliphatic heterocycles. The maximum absolute atomic E-state index is 6.26. The van der Waals surface area contributed by atoms with E-state index in [1.54, 1.807) is 16.1 Å². The van der Waals surface area contributed by atoms with Gasteiger partial charge in [0.25, 0.3) is 0 Å². The quantitative estimate of drug-likeness (QED) is 0.876. The summed E-state index contributed by atoms with van der Waals surface area (Å²) in [6.45, 7) is 4.09. The molecule has 0 bridgehead atoms. The lowest BCUT2D eigenvalue weighted by Crippen LogP contribution is -2.50. The standard InChI is InChI=1S/C13H16N6S/c1-8-5-9(2)7-10(6-8)18-11(14)17-19(12(18)15)13-16-3-4-20-13/h3-7,12H,15H2,1-2H3,(H2,14,17). The molecule has 2 aromatic rings. The molecule has 3 rings (SSSR count). The Morgan fingerprint density at radius 1 is 1.20 bits per heavy atom.